The Balaban J connectivity index is 3.18. The highest BCUT2D eigenvalue weighted by atomic mass is 16.5. The van der Waals surface area contributed by atoms with Gasteiger partial charge in [-0.05, 0) is 19.3 Å². The summed E-state index contributed by atoms with van der Waals surface area (Å²) in [4.78, 5) is 21.8. The molecule has 0 heterocycles. The van der Waals surface area contributed by atoms with E-state index in [-0.39, 0.29) is 11.9 Å². The minimum absolute atomic E-state index is 0.116. The van der Waals surface area contributed by atoms with Gasteiger partial charge in [-0.2, -0.15) is 0 Å². The second kappa shape index (κ2) is 9.49. The van der Waals surface area contributed by atoms with Crippen LogP contribution in [0.5, 0.6) is 0 Å². The Kier molecular flexibility index (Phi) is 8.82. The van der Waals surface area contributed by atoms with Crippen LogP contribution in [0.4, 0.5) is 0 Å². The highest BCUT2D eigenvalue weighted by molar-refractivity contribution is 5.75. The summed E-state index contributed by atoms with van der Waals surface area (Å²) in [7, 11) is 1.40. The van der Waals surface area contributed by atoms with E-state index in [1.165, 1.54) is 7.11 Å². The standard InChI is InChI=1S/C11H21NO3/c1-3-7-10(13)12-9-6-4-5-8-11(14)15-2/h3-9H2,1-2H3,(H,12,13). The molecule has 0 saturated carbocycles. The number of ether oxygens (including phenoxy) is 1. The van der Waals surface area contributed by atoms with E-state index in [9.17, 15) is 9.59 Å². The summed E-state index contributed by atoms with van der Waals surface area (Å²) in [5.41, 5.74) is 0. The predicted molar refractivity (Wildman–Crippen MR) is 58.4 cm³/mol. The Morgan fingerprint density at radius 1 is 1.13 bits per heavy atom. The average molecular weight is 215 g/mol. The molecule has 15 heavy (non-hydrogen) atoms. The van der Waals surface area contributed by atoms with Crippen LogP contribution in [0.15, 0.2) is 0 Å². The maximum absolute atomic E-state index is 11.0. The van der Waals surface area contributed by atoms with Crippen molar-refractivity contribution in [3.8, 4) is 0 Å². The molecule has 0 aromatic heterocycles. The molecule has 0 fully saturated rings. The normalized spacial score (nSPS) is 9.73. The zero-order valence-electron chi connectivity index (χ0n) is 9.67. The molecule has 0 atom stereocenters. The van der Waals surface area contributed by atoms with E-state index in [0.717, 1.165) is 25.7 Å². The van der Waals surface area contributed by atoms with Crippen molar-refractivity contribution in [1.29, 1.82) is 0 Å². The number of methoxy groups -OCH3 is 1. The summed E-state index contributed by atoms with van der Waals surface area (Å²) in [5, 5.41) is 2.83. The molecule has 0 aliphatic rings. The Morgan fingerprint density at radius 2 is 1.87 bits per heavy atom. The van der Waals surface area contributed by atoms with E-state index in [4.69, 9.17) is 0 Å². The first-order valence-electron chi connectivity index (χ1n) is 5.54. The van der Waals surface area contributed by atoms with Crippen LogP contribution in [0.3, 0.4) is 0 Å². The lowest BCUT2D eigenvalue weighted by Crippen LogP contribution is -2.23. The van der Waals surface area contributed by atoms with Gasteiger partial charge in [0.2, 0.25) is 5.91 Å². The van der Waals surface area contributed by atoms with Crippen molar-refractivity contribution in [2.75, 3.05) is 13.7 Å². The van der Waals surface area contributed by atoms with Crippen LogP contribution in [0.1, 0.15) is 45.4 Å². The monoisotopic (exact) mass is 215 g/mol. The van der Waals surface area contributed by atoms with Gasteiger partial charge in [0, 0.05) is 19.4 Å². The number of carbonyl (C=O) groups is 2. The first kappa shape index (κ1) is 13.9. The summed E-state index contributed by atoms with van der Waals surface area (Å²) in [6.45, 7) is 2.69. The van der Waals surface area contributed by atoms with Gasteiger partial charge in [0.05, 0.1) is 7.11 Å². The molecule has 1 N–H and O–H groups in total. The molecule has 0 aromatic carbocycles. The van der Waals surface area contributed by atoms with Crippen molar-refractivity contribution < 1.29 is 14.3 Å². The lowest BCUT2D eigenvalue weighted by Gasteiger charge is -2.03. The molecular formula is C11H21NO3. The van der Waals surface area contributed by atoms with E-state index in [1.54, 1.807) is 0 Å². The predicted octanol–water partition coefficient (Wildman–Crippen LogP) is 1.64. The maximum atomic E-state index is 11.0. The van der Waals surface area contributed by atoms with Crippen LogP contribution >= 0.6 is 0 Å². The number of rotatable bonds is 8. The average Bonchev–Trinajstić information content (AvgIpc) is 2.23. The smallest absolute Gasteiger partial charge is 0.305 e. The number of esters is 1. The topological polar surface area (TPSA) is 55.4 Å². The number of carbonyl (C=O) groups excluding carboxylic acids is 2. The van der Waals surface area contributed by atoms with Gasteiger partial charge in [0.25, 0.3) is 0 Å². The largest absolute Gasteiger partial charge is 0.469 e. The fraction of sp³-hybridized carbons (Fsp3) is 0.818. The van der Waals surface area contributed by atoms with Crippen molar-refractivity contribution >= 4 is 11.9 Å². The maximum Gasteiger partial charge on any atom is 0.305 e. The van der Waals surface area contributed by atoms with E-state index in [1.807, 2.05) is 6.92 Å². The third-order valence-corrected chi connectivity index (χ3v) is 2.08. The Hall–Kier alpha value is -1.06. The zero-order chi connectivity index (χ0) is 11.5. The lowest BCUT2D eigenvalue weighted by molar-refractivity contribution is -0.140. The molecule has 0 aliphatic heterocycles. The van der Waals surface area contributed by atoms with Crippen LogP contribution in [-0.2, 0) is 14.3 Å². The van der Waals surface area contributed by atoms with Gasteiger partial charge >= 0.3 is 5.97 Å². The van der Waals surface area contributed by atoms with Crippen molar-refractivity contribution in [1.82, 2.24) is 5.32 Å². The lowest BCUT2D eigenvalue weighted by atomic mass is 10.2. The Bertz CT molecular complexity index is 192. The summed E-state index contributed by atoms with van der Waals surface area (Å²) in [6, 6.07) is 0. The molecule has 0 bridgehead atoms. The van der Waals surface area contributed by atoms with Crippen molar-refractivity contribution in [2.24, 2.45) is 0 Å². The van der Waals surface area contributed by atoms with Gasteiger partial charge in [-0.25, -0.2) is 0 Å². The molecule has 88 valence electrons. The molecule has 1 amide bonds. The SMILES string of the molecule is CCCC(=O)NCCCCCC(=O)OC. The minimum Gasteiger partial charge on any atom is -0.469 e. The van der Waals surface area contributed by atoms with Crippen LogP contribution in [0, 0.1) is 0 Å². The van der Waals surface area contributed by atoms with Gasteiger partial charge in [-0.1, -0.05) is 13.3 Å². The summed E-state index contributed by atoms with van der Waals surface area (Å²) in [6.07, 6.45) is 4.65. The zero-order valence-corrected chi connectivity index (χ0v) is 9.67. The molecule has 4 heteroatoms. The number of hydrogen-bond acceptors (Lipinski definition) is 3. The van der Waals surface area contributed by atoms with E-state index in [2.05, 4.69) is 10.1 Å². The summed E-state index contributed by atoms with van der Waals surface area (Å²) >= 11 is 0. The molecular weight excluding hydrogens is 194 g/mol. The number of amides is 1. The third kappa shape index (κ3) is 9.25. The molecule has 0 radical (unpaired) electrons. The van der Waals surface area contributed by atoms with Gasteiger partial charge in [-0.3, -0.25) is 9.59 Å². The van der Waals surface area contributed by atoms with Crippen molar-refractivity contribution in [3.63, 3.8) is 0 Å². The van der Waals surface area contributed by atoms with Crippen molar-refractivity contribution in [3.05, 3.63) is 0 Å². The fourth-order valence-corrected chi connectivity index (χ4v) is 1.22. The number of nitrogens with one attached hydrogen (secondary N) is 1. The molecule has 0 aromatic rings. The molecule has 0 aliphatic carbocycles. The van der Waals surface area contributed by atoms with Gasteiger partial charge in [0.15, 0.2) is 0 Å². The van der Waals surface area contributed by atoms with Crippen LogP contribution in [-0.4, -0.2) is 25.5 Å². The van der Waals surface area contributed by atoms with Gasteiger partial charge in [0.1, 0.15) is 0 Å². The van der Waals surface area contributed by atoms with Crippen molar-refractivity contribution in [2.45, 2.75) is 45.4 Å². The molecule has 4 nitrogen and oxygen atoms in total. The number of unbranched alkanes of at least 4 members (excludes halogenated alkanes) is 2. The molecule has 0 saturated heterocycles. The third-order valence-electron chi connectivity index (χ3n) is 2.08. The first-order valence-corrected chi connectivity index (χ1v) is 5.54. The minimum atomic E-state index is -0.162. The molecule has 0 spiro atoms. The molecule has 0 rings (SSSR count). The second-order valence-corrected chi connectivity index (χ2v) is 3.49. The van der Waals surface area contributed by atoms with E-state index in [0.29, 0.717) is 19.4 Å². The second-order valence-electron chi connectivity index (χ2n) is 3.49. The highest BCUT2D eigenvalue weighted by Crippen LogP contribution is 2.00. The molecule has 0 unspecified atom stereocenters. The van der Waals surface area contributed by atoms with E-state index < -0.39 is 0 Å². The van der Waals surface area contributed by atoms with Crippen LogP contribution in [0.2, 0.25) is 0 Å². The Labute approximate surface area is 91.4 Å². The van der Waals surface area contributed by atoms with Gasteiger partial charge in [-0.15, -0.1) is 0 Å². The van der Waals surface area contributed by atoms with E-state index >= 15 is 0 Å². The van der Waals surface area contributed by atoms with Crippen LogP contribution in [0.25, 0.3) is 0 Å². The highest BCUT2D eigenvalue weighted by Gasteiger charge is 2.00. The number of hydrogen-bond donors (Lipinski definition) is 1. The van der Waals surface area contributed by atoms with Crippen LogP contribution < -0.4 is 5.32 Å². The Morgan fingerprint density at radius 3 is 2.47 bits per heavy atom. The fourth-order valence-electron chi connectivity index (χ4n) is 1.22. The van der Waals surface area contributed by atoms with Gasteiger partial charge < -0.3 is 10.1 Å². The summed E-state index contributed by atoms with van der Waals surface area (Å²) in [5.74, 6) is -0.0458. The summed E-state index contributed by atoms with van der Waals surface area (Å²) < 4.78 is 4.52. The first-order chi connectivity index (χ1) is 7.20. The quantitative estimate of drug-likeness (QED) is 0.494.